The second-order valence-electron chi connectivity index (χ2n) is 10.6. The molecule has 4 aromatic rings. The van der Waals surface area contributed by atoms with Gasteiger partial charge in [0.25, 0.3) is 0 Å². The van der Waals surface area contributed by atoms with E-state index in [4.69, 9.17) is 11.6 Å². The minimum Gasteiger partial charge on any atom is -0.337 e. The summed E-state index contributed by atoms with van der Waals surface area (Å²) in [6.45, 7) is 0.334. The number of fused-ring (bicyclic) bond motifs is 1. The van der Waals surface area contributed by atoms with E-state index in [1.807, 2.05) is 28.8 Å². The summed E-state index contributed by atoms with van der Waals surface area (Å²) >= 11 is 6.13. The van der Waals surface area contributed by atoms with E-state index in [1.165, 1.54) is 17.7 Å². The highest BCUT2D eigenvalue weighted by Crippen LogP contribution is 2.49. The largest absolute Gasteiger partial charge is 0.337 e. The number of nitrogens with zero attached hydrogens (tertiary/aromatic N) is 3. The highest BCUT2D eigenvalue weighted by Gasteiger charge is 2.46. The number of aryl methyl sites for hydroxylation is 2. The fourth-order valence-corrected chi connectivity index (χ4v) is 6.92. The van der Waals surface area contributed by atoms with Crippen molar-refractivity contribution in [3.8, 4) is 0 Å². The monoisotopic (exact) mass is 576 g/mol. The van der Waals surface area contributed by atoms with E-state index in [1.54, 1.807) is 42.6 Å². The Bertz CT molecular complexity index is 1570. The lowest BCUT2D eigenvalue weighted by Gasteiger charge is -2.29. The topological polar surface area (TPSA) is 67.2 Å². The molecule has 0 spiro atoms. The molecule has 1 saturated carbocycles. The number of imidazole rings is 1. The molecule has 1 aromatic heterocycles. The molecule has 6 rings (SSSR count). The van der Waals surface area contributed by atoms with Gasteiger partial charge in [-0.15, -0.1) is 0 Å². The summed E-state index contributed by atoms with van der Waals surface area (Å²) in [5.41, 5.74) is 4.02. The highest BCUT2D eigenvalue weighted by molar-refractivity contribution is 7.83. The van der Waals surface area contributed by atoms with Gasteiger partial charge in [0.2, 0.25) is 5.91 Å². The van der Waals surface area contributed by atoms with Gasteiger partial charge in [-0.2, -0.15) is 0 Å². The Kier molecular flexibility index (Phi) is 7.57. The molecule has 9 heteroatoms. The van der Waals surface area contributed by atoms with Crippen LogP contribution in [0.4, 0.5) is 10.1 Å². The Morgan fingerprint density at radius 1 is 1.18 bits per heavy atom. The average molecular weight is 577 g/mol. The Balaban J connectivity index is 1.29. The predicted octanol–water partition coefficient (Wildman–Crippen LogP) is 6.24. The summed E-state index contributed by atoms with van der Waals surface area (Å²) in [4.78, 5) is 20.9. The number of halogens is 2. The first-order valence-corrected chi connectivity index (χ1v) is 15.0. The first kappa shape index (κ1) is 26.9. The SMILES string of the molecule is Cn1ccnc1CN(C(=O)C1CC1c1ccc(F)cc1)c1ccc2c(c1)C(NS(=O)c1cccc(Cl)c1)CCC2. The van der Waals surface area contributed by atoms with Crippen molar-refractivity contribution in [1.29, 1.82) is 0 Å². The number of carbonyl (C=O) groups excluding carboxylic acids is 1. The zero-order chi connectivity index (χ0) is 27.8. The van der Waals surface area contributed by atoms with Crippen molar-refractivity contribution >= 4 is 34.2 Å². The maximum absolute atomic E-state index is 14.0. The van der Waals surface area contributed by atoms with Crippen LogP contribution in [0.5, 0.6) is 0 Å². The number of hydrogen-bond acceptors (Lipinski definition) is 3. The molecule has 2 aliphatic carbocycles. The molecule has 0 bridgehead atoms. The third-order valence-corrected chi connectivity index (χ3v) is 9.32. The van der Waals surface area contributed by atoms with Gasteiger partial charge in [0, 0.05) is 42.1 Å². The van der Waals surface area contributed by atoms with Crippen LogP contribution >= 0.6 is 11.6 Å². The number of rotatable bonds is 8. The third-order valence-electron chi connectivity index (χ3n) is 7.91. The molecule has 2 aliphatic rings. The number of hydrogen-bond donors (Lipinski definition) is 1. The number of aromatic nitrogens is 2. The van der Waals surface area contributed by atoms with Crippen LogP contribution in [0.25, 0.3) is 0 Å². The Labute approximate surface area is 240 Å². The number of carbonyl (C=O) groups is 1. The minimum atomic E-state index is -1.43. The molecular formula is C31H30ClFN4O2S. The first-order valence-electron chi connectivity index (χ1n) is 13.5. The van der Waals surface area contributed by atoms with Gasteiger partial charge in [-0.25, -0.2) is 18.3 Å². The summed E-state index contributed by atoms with van der Waals surface area (Å²) < 4.78 is 31.9. The molecule has 40 heavy (non-hydrogen) atoms. The van der Waals surface area contributed by atoms with E-state index in [-0.39, 0.29) is 29.6 Å². The van der Waals surface area contributed by atoms with E-state index in [0.29, 0.717) is 16.5 Å². The maximum atomic E-state index is 14.0. The number of amides is 1. The zero-order valence-electron chi connectivity index (χ0n) is 22.1. The van der Waals surface area contributed by atoms with Crippen molar-refractivity contribution in [2.75, 3.05) is 4.90 Å². The summed E-state index contributed by atoms with van der Waals surface area (Å²) in [5, 5.41) is 0.543. The van der Waals surface area contributed by atoms with Crippen LogP contribution in [-0.4, -0.2) is 19.7 Å². The highest BCUT2D eigenvalue weighted by atomic mass is 35.5. The van der Waals surface area contributed by atoms with Gasteiger partial charge in [-0.05, 0) is 90.8 Å². The Hall–Kier alpha value is -3.33. The molecule has 0 saturated heterocycles. The van der Waals surface area contributed by atoms with Crippen molar-refractivity contribution in [3.63, 3.8) is 0 Å². The van der Waals surface area contributed by atoms with Crippen molar-refractivity contribution < 1.29 is 13.4 Å². The summed E-state index contributed by atoms with van der Waals surface area (Å²) in [6.07, 6.45) is 7.08. The quantitative estimate of drug-likeness (QED) is 0.270. The van der Waals surface area contributed by atoms with Crippen LogP contribution in [0.15, 0.2) is 84.0 Å². The van der Waals surface area contributed by atoms with Crippen molar-refractivity contribution in [2.45, 2.75) is 49.1 Å². The summed E-state index contributed by atoms with van der Waals surface area (Å²) in [6, 6.07) is 19.5. The fourth-order valence-electron chi connectivity index (χ4n) is 5.59. The van der Waals surface area contributed by atoms with Gasteiger partial charge < -0.3 is 9.47 Å². The van der Waals surface area contributed by atoms with Crippen LogP contribution in [0.3, 0.4) is 0 Å². The molecule has 1 fully saturated rings. The number of benzene rings is 3. The van der Waals surface area contributed by atoms with Crippen LogP contribution in [0.1, 0.15) is 53.7 Å². The molecule has 6 nitrogen and oxygen atoms in total. The number of anilines is 1. The van der Waals surface area contributed by atoms with Gasteiger partial charge in [0.15, 0.2) is 0 Å². The molecule has 4 atom stereocenters. The molecule has 4 unspecified atom stereocenters. The normalized spacial score (nSPS) is 20.5. The van der Waals surface area contributed by atoms with Crippen molar-refractivity contribution in [3.05, 3.63) is 112 Å². The second kappa shape index (κ2) is 11.3. The van der Waals surface area contributed by atoms with Gasteiger partial charge in [-0.1, -0.05) is 35.9 Å². The molecule has 0 radical (unpaired) electrons. The Morgan fingerprint density at radius 2 is 2.00 bits per heavy atom. The maximum Gasteiger partial charge on any atom is 0.231 e. The molecule has 3 aromatic carbocycles. The van der Waals surface area contributed by atoms with E-state index in [0.717, 1.165) is 48.3 Å². The first-order chi connectivity index (χ1) is 19.4. The van der Waals surface area contributed by atoms with E-state index < -0.39 is 11.0 Å². The van der Waals surface area contributed by atoms with Gasteiger partial charge in [-0.3, -0.25) is 4.79 Å². The Morgan fingerprint density at radius 3 is 2.75 bits per heavy atom. The minimum absolute atomic E-state index is 0.0279. The lowest BCUT2D eigenvalue weighted by Crippen LogP contribution is -2.34. The molecule has 1 N–H and O–H groups in total. The van der Waals surface area contributed by atoms with Gasteiger partial charge in [0.1, 0.15) is 22.6 Å². The predicted molar refractivity (Wildman–Crippen MR) is 155 cm³/mol. The second-order valence-corrected chi connectivity index (χ2v) is 12.2. The van der Waals surface area contributed by atoms with E-state index in [2.05, 4.69) is 21.8 Å². The third kappa shape index (κ3) is 5.61. The fraction of sp³-hybridized carbons (Fsp3) is 0.290. The van der Waals surface area contributed by atoms with Crippen LogP contribution in [-0.2, 0) is 35.8 Å². The lowest BCUT2D eigenvalue weighted by atomic mass is 9.87. The summed E-state index contributed by atoms with van der Waals surface area (Å²) in [5.74, 6) is 0.425. The standard InChI is InChI=1S/C31H30ClFN4O2S/c1-36-15-14-34-30(36)19-37(31(38)28-18-26(28)21-8-11-23(33)12-9-21)24-13-10-20-4-2-7-29(27(20)17-24)35-40(39)25-6-3-5-22(32)16-25/h3,5-6,8-17,26,28-29,35H,2,4,7,18-19H2,1H3. The van der Waals surface area contributed by atoms with Gasteiger partial charge in [0.05, 0.1) is 11.4 Å². The van der Waals surface area contributed by atoms with Crippen molar-refractivity contribution in [1.82, 2.24) is 14.3 Å². The average Bonchev–Trinajstić information content (AvgIpc) is 3.66. The zero-order valence-corrected chi connectivity index (χ0v) is 23.7. The summed E-state index contributed by atoms with van der Waals surface area (Å²) in [7, 11) is 0.484. The molecule has 206 valence electrons. The van der Waals surface area contributed by atoms with Crippen molar-refractivity contribution in [2.24, 2.45) is 13.0 Å². The van der Waals surface area contributed by atoms with Crippen LogP contribution in [0.2, 0.25) is 5.02 Å². The molecule has 0 aliphatic heterocycles. The van der Waals surface area contributed by atoms with E-state index in [9.17, 15) is 13.4 Å². The van der Waals surface area contributed by atoms with Gasteiger partial charge >= 0.3 is 0 Å². The smallest absolute Gasteiger partial charge is 0.231 e. The molecule has 1 amide bonds. The molecular weight excluding hydrogens is 547 g/mol. The van der Waals surface area contributed by atoms with E-state index >= 15 is 0 Å². The van der Waals surface area contributed by atoms with Crippen LogP contribution in [0, 0.1) is 11.7 Å². The lowest BCUT2D eigenvalue weighted by molar-refractivity contribution is -0.120. The molecule has 1 heterocycles. The van der Waals surface area contributed by atoms with Crippen LogP contribution < -0.4 is 9.62 Å². The number of nitrogens with one attached hydrogen (secondary N) is 1.